The van der Waals surface area contributed by atoms with Gasteiger partial charge in [-0.3, -0.25) is 9.88 Å². The first-order valence-corrected chi connectivity index (χ1v) is 9.59. The Bertz CT molecular complexity index is 910. The zero-order valence-electron chi connectivity index (χ0n) is 14.9. The molecule has 3 heteroatoms. The van der Waals surface area contributed by atoms with Gasteiger partial charge in [-0.2, -0.15) is 0 Å². The molecule has 2 saturated heterocycles. The number of piperidine rings is 1. The van der Waals surface area contributed by atoms with E-state index in [1.165, 1.54) is 18.4 Å². The molecule has 2 atom stereocenters. The quantitative estimate of drug-likeness (QED) is 0.772. The Morgan fingerprint density at radius 1 is 0.962 bits per heavy atom. The molecule has 5 rings (SSSR count). The Kier molecular flexibility index (Phi) is 3.80. The third-order valence-corrected chi connectivity index (χ3v) is 6.27. The summed E-state index contributed by atoms with van der Waals surface area (Å²) in [6, 6.07) is 21.9. The molecule has 3 nitrogen and oxygen atoms in total. The molecular formula is C23H24N2O. The maximum Gasteiger partial charge on any atom is 0.0927 e. The summed E-state index contributed by atoms with van der Waals surface area (Å²) in [5.41, 5.74) is 2.63. The summed E-state index contributed by atoms with van der Waals surface area (Å²) < 4.78 is 0. The number of hydrogen-bond donors (Lipinski definition) is 1. The van der Waals surface area contributed by atoms with Crippen molar-refractivity contribution in [2.75, 3.05) is 0 Å². The predicted molar refractivity (Wildman–Crippen MR) is 104 cm³/mol. The van der Waals surface area contributed by atoms with Crippen molar-refractivity contribution in [1.82, 2.24) is 9.88 Å². The molecule has 1 aromatic heterocycles. The number of fused-ring (bicyclic) bond motifs is 3. The van der Waals surface area contributed by atoms with Crippen LogP contribution in [0.5, 0.6) is 0 Å². The highest BCUT2D eigenvalue weighted by molar-refractivity contribution is 5.79. The number of aromatic nitrogens is 1. The van der Waals surface area contributed by atoms with Crippen LogP contribution >= 0.6 is 0 Å². The monoisotopic (exact) mass is 344 g/mol. The maximum atomic E-state index is 11.5. The summed E-state index contributed by atoms with van der Waals surface area (Å²) in [6.45, 7) is 0.992. The van der Waals surface area contributed by atoms with Crippen molar-refractivity contribution in [3.8, 4) is 0 Å². The van der Waals surface area contributed by atoms with Crippen molar-refractivity contribution in [2.45, 2.75) is 49.9 Å². The fourth-order valence-electron chi connectivity index (χ4n) is 4.96. The van der Waals surface area contributed by atoms with Crippen LogP contribution in [0, 0.1) is 0 Å². The van der Waals surface area contributed by atoms with Crippen LogP contribution in [0.3, 0.4) is 0 Å². The van der Waals surface area contributed by atoms with E-state index >= 15 is 0 Å². The highest BCUT2D eigenvalue weighted by atomic mass is 16.3. The molecule has 1 N–H and O–H groups in total. The third kappa shape index (κ3) is 2.72. The lowest BCUT2D eigenvalue weighted by atomic mass is 9.80. The van der Waals surface area contributed by atoms with Gasteiger partial charge in [-0.15, -0.1) is 0 Å². The number of rotatable bonds is 3. The fraction of sp³-hybridized carbons (Fsp3) is 0.348. The summed E-state index contributed by atoms with van der Waals surface area (Å²) in [4.78, 5) is 7.08. The number of aliphatic hydroxyl groups is 1. The molecule has 132 valence electrons. The van der Waals surface area contributed by atoms with E-state index in [4.69, 9.17) is 0 Å². The van der Waals surface area contributed by atoms with Gasteiger partial charge in [0.2, 0.25) is 0 Å². The van der Waals surface area contributed by atoms with E-state index < -0.39 is 5.60 Å². The average Bonchev–Trinajstić information content (AvgIpc) is 2.92. The van der Waals surface area contributed by atoms with E-state index in [2.05, 4.69) is 64.5 Å². The topological polar surface area (TPSA) is 36.4 Å². The van der Waals surface area contributed by atoms with Crippen molar-refractivity contribution in [1.29, 1.82) is 0 Å². The van der Waals surface area contributed by atoms with E-state index in [9.17, 15) is 5.11 Å². The van der Waals surface area contributed by atoms with Crippen LogP contribution < -0.4 is 0 Å². The molecule has 2 bridgehead atoms. The predicted octanol–water partition coefficient (Wildman–Crippen LogP) is 4.25. The van der Waals surface area contributed by atoms with Gasteiger partial charge in [0.25, 0.3) is 0 Å². The van der Waals surface area contributed by atoms with Crippen LogP contribution in [0.1, 0.15) is 36.8 Å². The minimum atomic E-state index is -0.731. The van der Waals surface area contributed by atoms with Crippen LogP contribution in [0.2, 0.25) is 0 Å². The zero-order valence-corrected chi connectivity index (χ0v) is 14.9. The Balaban J connectivity index is 1.42. The first kappa shape index (κ1) is 16.0. The third-order valence-electron chi connectivity index (χ3n) is 6.27. The van der Waals surface area contributed by atoms with Gasteiger partial charge in [-0.05, 0) is 48.9 Å². The lowest BCUT2D eigenvalue weighted by Gasteiger charge is -2.44. The highest BCUT2D eigenvalue weighted by Crippen LogP contribution is 2.46. The van der Waals surface area contributed by atoms with E-state index in [-0.39, 0.29) is 0 Å². The molecule has 0 radical (unpaired) electrons. The Morgan fingerprint density at radius 3 is 2.50 bits per heavy atom. The molecule has 2 aromatic carbocycles. The molecular weight excluding hydrogens is 320 g/mol. The smallest absolute Gasteiger partial charge is 0.0927 e. The van der Waals surface area contributed by atoms with Crippen LogP contribution in [0.15, 0.2) is 66.9 Å². The minimum absolute atomic E-state index is 0.457. The Hall–Kier alpha value is -2.23. The molecule has 2 fully saturated rings. The molecule has 3 aromatic rings. The summed E-state index contributed by atoms with van der Waals surface area (Å²) in [5.74, 6) is 0. The maximum absolute atomic E-state index is 11.5. The second-order valence-electron chi connectivity index (χ2n) is 7.89. The largest absolute Gasteiger partial charge is 0.385 e. The zero-order chi connectivity index (χ0) is 17.6. The fourth-order valence-corrected chi connectivity index (χ4v) is 4.96. The highest BCUT2D eigenvalue weighted by Gasteiger charge is 2.48. The summed E-state index contributed by atoms with van der Waals surface area (Å²) in [6.07, 6.45) is 5.82. The van der Waals surface area contributed by atoms with Gasteiger partial charge in [0, 0.05) is 30.2 Å². The van der Waals surface area contributed by atoms with Crippen LogP contribution in [-0.2, 0) is 12.1 Å². The average molecular weight is 344 g/mol. The molecule has 0 aliphatic carbocycles. The lowest BCUT2D eigenvalue weighted by Crippen LogP contribution is -2.49. The van der Waals surface area contributed by atoms with E-state index in [1.54, 1.807) is 0 Å². The van der Waals surface area contributed by atoms with Crippen molar-refractivity contribution < 1.29 is 5.11 Å². The second-order valence-corrected chi connectivity index (χ2v) is 7.89. The van der Waals surface area contributed by atoms with Crippen molar-refractivity contribution in [3.05, 3.63) is 78.0 Å². The lowest BCUT2D eigenvalue weighted by molar-refractivity contribution is -0.0594. The van der Waals surface area contributed by atoms with Crippen molar-refractivity contribution in [3.63, 3.8) is 0 Å². The van der Waals surface area contributed by atoms with Gasteiger partial charge in [0.05, 0.1) is 11.1 Å². The summed E-state index contributed by atoms with van der Waals surface area (Å²) in [5, 5.41) is 12.6. The van der Waals surface area contributed by atoms with Crippen molar-refractivity contribution >= 4 is 10.9 Å². The first-order valence-electron chi connectivity index (χ1n) is 9.59. The molecule has 0 amide bonds. The molecule has 2 aliphatic rings. The molecule has 2 unspecified atom stereocenters. The van der Waals surface area contributed by atoms with Gasteiger partial charge in [0.15, 0.2) is 0 Å². The Labute approximate surface area is 154 Å². The van der Waals surface area contributed by atoms with Gasteiger partial charge >= 0.3 is 0 Å². The number of pyridine rings is 1. The first-order chi connectivity index (χ1) is 12.7. The van der Waals surface area contributed by atoms with Gasteiger partial charge in [0.1, 0.15) is 0 Å². The van der Waals surface area contributed by atoms with E-state index in [1.807, 2.05) is 12.3 Å². The normalized spacial score (nSPS) is 28.5. The summed E-state index contributed by atoms with van der Waals surface area (Å²) in [7, 11) is 0. The number of benzene rings is 2. The molecule has 26 heavy (non-hydrogen) atoms. The Morgan fingerprint density at radius 2 is 1.73 bits per heavy atom. The molecule has 3 heterocycles. The van der Waals surface area contributed by atoms with Crippen LogP contribution in [0.25, 0.3) is 10.9 Å². The van der Waals surface area contributed by atoms with E-state index in [0.29, 0.717) is 12.1 Å². The number of hydrogen-bond acceptors (Lipinski definition) is 3. The minimum Gasteiger partial charge on any atom is -0.385 e. The van der Waals surface area contributed by atoms with E-state index in [0.717, 1.165) is 35.9 Å². The molecule has 0 saturated carbocycles. The standard InChI is InChI=1S/C23H24N2O/c26-23(19-9-8-18-7-4-12-24-22(18)13-19)14-20-10-11-21(15-23)25(20)16-17-5-2-1-3-6-17/h1-9,12-13,20-21,26H,10-11,14-16H2. The van der Waals surface area contributed by atoms with Crippen LogP contribution in [0.4, 0.5) is 0 Å². The number of nitrogens with zero attached hydrogens (tertiary/aromatic N) is 2. The molecule has 0 spiro atoms. The second kappa shape index (κ2) is 6.19. The summed E-state index contributed by atoms with van der Waals surface area (Å²) >= 11 is 0. The van der Waals surface area contributed by atoms with Crippen molar-refractivity contribution in [2.24, 2.45) is 0 Å². The van der Waals surface area contributed by atoms with Gasteiger partial charge in [-0.25, -0.2) is 0 Å². The van der Waals surface area contributed by atoms with Gasteiger partial charge < -0.3 is 5.11 Å². The SMILES string of the molecule is OC1(c2ccc3cccnc3c2)CC2CCC(C1)N2Cc1ccccc1. The molecule has 2 aliphatic heterocycles. The van der Waals surface area contributed by atoms with Crippen LogP contribution in [-0.4, -0.2) is 27.1 Å². The van der Waals surface area contributed by atoms with Gasteiger partial charge in [-0.1, -0.05) is 48.5 Å².